The summed E-state index contributed by atoms with van der Waals surface area (Å²) >= 11 is 0. The van der Waals surface area contributed by atoms with Crippen LogP contribution in [0.25, 0.3) is 0 Å². The molecule has 1 saturated carbocycles. The largest absolute Gasteiger partial charge is 0.490 e. The van der Waals surface area contributed by atoms with E-state index in [0.29, 0.717) is 24.3 Å². The molecule has 1 aliphatic heterocycles. The minimum atomic E-state index is -0.999. The van der Waals surface area contributed by atoms with Gasteiger partial charge in [-0.05, 0) is 43.9 Å². The summed E-state index contributed by atoms with van der Waals surface area (Å²) in [6.45, 7) is 0.292. The zero-order chi connectivity index (χ0) is 17.1. The third-order valence-corrected chi connectivity index (χ3v) is 4.83. The second kappa shape index (κ2) is 7.21. The number of rotatable bonds is 5. The highest BCUT2D eigenvalue weighted by Gasteiger charge is 2.40. The van der Waals surface area contributed by atoms with Crippen LogP contribution < -0.4 is 4.74 Å². The molecule has 0 bridgehead atoms. The Morgan fingerprint density at radius 2 is 1.96 bits per heavy atom. The van der Waals surface area contributed by atoms with Crippen LogP contribution >= 0.6 is 0 Å². The number of amides is 1. The van der Waals surface area contributed by atoms with Crippen molar-refractivity contribution in [2.45, 2.75) is 50.4 Å². The van der Waals surface area contributed by atoms with Gasteiger partial charge < -0.3 is 19.5 Å². The van der Waals surface area contributed by atoms with Crippen molar-refractivity contribution in [3.8, 4) is 5.75 Å². The van der Waals surface area contributed by atoms with Crippen LogP contribution in [-0.4, -0.2) is 53.8 Å². The van der Waals surface area contributed by atoms with E-state index in [2.05, 4.69) is 0 Å². The molecule has 3 rings (SSSR count). The molecule has 1 saturated heterocycles. The van der Waals surface area contributed by atoms with Gasteiger partial charge in [-0.25, -0.2) is 4.79 Å². The zero-order valence-electron chi connectivity index (χ0n) is 13.8. The molecule has 1 amide bonds. The van der Waals surface area contributed by atoms with Crippen LogP contribution in [0.5, 0.6) is 5.75 Å². The quantitative estimate of drug-likeness (QED) is 0.895. The van der Waals surface area contributed by atoms with E-state index >= 15 is 0 Å². The fourth-order valence-corrected chi connectivity index (χ4v) is 3.49. The summed E-state index contributed by atoms with van der Waals surface area (Å²) in [6, 6.07) is 6.17. The zero-order valence-corrected chi connectivity index (χ0v) is 13.8. The fraction of sp³-hybridized carbons (Fsp3) is 0.556. The van der Waals surface area contributed by atoms with E-state index < -0.39 is 12.0 Å². The molecule has 0 spiro atoms. The van der Waals surface area contributed by atoms with Crippen LogP contribution in [-0.2, 0) is 9.53 Å². The van der Waals surface area contributed by atoms with E-state index in [9.17, 15) is 14.7 Å². The molecule has 6 nitrogen and oxygen atoms in total. The monoisotopic (exact) mass is 333 g/mol. The number of carbonyl (C=O) groups excluding carboxylic acids is 1. The number of carboxylic acids is 1. The molecule has 2 unspecified atom stereocenters. The van der Waals surface area contributed by atoms with Crippen molar-refractivity contribution in [2.75, 3.05) is 13.7 Å². The molecule has 0 aromatic heterocycles. The lowest BCUT2D eigenvalue weighted by molar-refractivity contribution is -0.141. The van der Waals surface area contributed by atoms with Gasteiger partial charge in [-0.15, -0.1) is 0 Å². The summed E-state index contributed by atoms with van der Waals surface area (Å²) in [5.74, 6) is -0.623. The lowest BCUT2D eigenvalue weighted by atomic mass is 10.1. The number of nitrogens with zero attached hydrogens (tertiary/aromatic N) is 1. The first-order valence-corrected chi connectivity index (χ1v) is 8.41. The highest BCUT2D eigenvalue weighted by atomic mass is 16.5. The topological polar surface area (TPSA) is 76.1 Å². The standard InChI is InChI=1S/C18H23NO5/c1-23-15-10-16(18(21)22)19(11-15)17(20)12-5-4-8-14(9-12)24-13-6-2-3-7-13/h4-5,8-9,13,15-16H,2-3,6-7,10-11H2,1H3,(H,21,22). The first-order chi connectivity index (χ1) is 11.6. The maximum Gasteiger partial charge on any atom is 0.326 e. The van der Waals surface area contributed by atoms with Crippen molar-refractivity contribution in [2.24, 2.45) is 0 Å². The molecule has 0 radical (unpaired) electrons. The number of carbonyl (C=O) groups is 2. The summed E-state index contributed by atoms with van der Waals surface area (Å²) in [6.07, 6.45) is 4.73. The second-order valence-electron chi connectivity index (χ2n) is 6.46. The smallest absolute Gasteiger partial charge is 0.326 e. The summed E-state index contributed by atoms with van der Waals surface area (Å²) in [4.78, 5) is 25.6. The molecule has 2 fully saturated rings. The average Bonchev–Trinajstić information content (AvgIpc) is 3.23. The van der Waals surface area contributed by atoms with Crippen molar-refractivity contribution < 1.29 is 24.2 Å². The molecule has 1 heterocycles. The molecular formula is C18H23NO5. The van der Waals surface area contributed by atoms with Gasteiger partial charge in [0, 0.05) is 25.6 Å². The maximum absolute atomic E-state index is 12.8. The van der Waals surface area contributed by atoms with Gasteiger partial charge in [0.15, 0.2) is 0 Å². The van der Waals surface area contributed by atoms with E-state index in [1.165, 1.54) is 24.9 Å². The lowest BCUT2D eigenvalue weighted by Crippen LogP contribution is -2.40. The molecule has 1 aromatic rings. The number of ether oxygens (including phenoxy) is 2. The number of likely N-dealkylation sites (tertiary alicyclic amines) is 1. The van der Waals surface area contributed by atoms with Crippen LogP contribution in [0.15, 0.2) is 24.3 Å². The Morgan fingerprint density at radius 3 is 2.62 bits per heavy atom. The Bertz CT molecular complexity index is 611. The van der Waals surface area contributed by atoms with Crippen molar-refractivity contribution in [3.05, 3.63) is 29.8 Å². The number of carboxylic acid groups (broad SMARTS) is 1. The van der Waals surface area contributed by atoms with Crippen molar-refractivity contribution in [1.29, 1.82) is 0 Å². The van der Waals surface area contributed by atoms with E-state index in [4.69, 9.17) is 9.47 Å². The molecule has 2 aliphatic rings. The molecule has 1 aromatic carbocycles. The Morgan fingerprint density at radius 1 is 1.21 bits per heavy atom. The molecule has 1 N–H and O–H groups in total. The van der Waals surface area contributed by atoms with E-state index in [0.717, 1.165) is 12.8 Å². The number of hydrogen-bond donors (Lipinski definition) is 1. The minimum Gasteiger partial charge on any atom is -0.490 e. The van der Waals surface area contributed by atoms with Gasteiger partial charge in [-0.1, -0.05) is 6.07 Å². The lowest BCUT2D eigenvalue weighted by Gasteiger charge is -2.22. The van der Waals surface area contributed by atoms with Crippen LogP contribution in [0.1, 0.15) is 42.5 Å². The number of methoxy groups -OCH3 is 1. The summed E-state index contributed by atoms with van der Waals surface area (Å²) in [5, 5.41) is 9.36. The normalized spacial score (nSPS) is 24.3. The maximum atomic E-state index is 12.8. The molecule has 2 atom stereocenters. The third kappa shape index (κ3) is 3.53. The molecule has 1 aliphatic carbocycles. The summed E-state index contributed by atoms with van der Waals surface area (Å²) < 4.78 is 11.2. The number of benzene rings is 1. The predicted molar refractivity (Wildman–Crippen MR) is 87.2 cm³/mol. The third-order valence-electron chi connectivity index (χ3n) is 4.83. The number of aliphatic carboxylic acids is 1. The van der Waals surface area contributed by atoms with E-state index in [-0.39, 0.29) is 18.1 Å². The van der Waals surface area contributed by atoms with Gasteiger partial charge in [-0.2, -0.15) is 0 Å². The van der Waals surface area contributed by atoms with Crippen molar-refractivity contribution in [3.63, 3.8) is 0 Å². The Labute approximate surface area is 141 Å². The van der Waals surface area contributed by atoms with Gasteiger partial charge in [0.1, 0.15) is 11.8 Å². The highest BCUT2D eigenvalue weighted by molar-refractivity contribution is 5.97. The minimum absolute atomic E-state index is 0.215. The first kappa shape index (κ1) is 16.8. The fourth-order valence-electron chi connectivity index (χ4n) is 3.49. The Balaban J connectivity index is 1.75. The SMILES string of the molecule is COC1CC(C(=O)O)N(C(=O)c2cccc(OC3CCCC3)c2)C1. The van der Waals surface area contributed by atoms with Gasteiger partial charge in [0.25, 0.3) is 5.91 Å². The van der Waals surface area contributed by atoms with Crippen LogP contribution in [0, 0.1) is 0 Å². The Hall–Kier alpha value is -2.08. The van der Waals surface area contributed by atoms with Gasteiger partial charge in [0.05, 0.1) is 12.2 Å². The van der Waals surface area contributed by atoms with Crippen molar-refractivity contribution >= 4 is 11.9 Å². The van der Waals surface area contributed by atoms with E-state index in [1.54, 1.807) is 18.2 Å². The summed E-state index contributed by atoms with van der Waals surface area (Å²) in [5.41, 5.74) is 0.452. The first-order valence-electron chi connectivity index (χ1n) is 8.41. The Kier molecular flexibility index (Phi) is 5.04. The van der Waals surface area contributed by atoms with E-state index in [1.807, 2.05) is 6.07 Å². The molecular weight excluding hydrogens is 310 g/mol. The average molecular weight is 333 g/mol. The van der Waals surface area contributed by atoms with Gasteiger partial charge in [-0.3, -0.25) is 4.79 Å². The highest BCUT2D eigenvalue weighted by Crippen LogP contribution is 2.27. The van der Waals surface area contributed by atoms with Gasteiger partial charge in [0.2, 0.25) is 0 Å². The molecule has 6 heteroatoms. The van der Waals surface area contributed by atoms with Crippen LogP contribution in [0.3, 0.4) is 0 Å². The van der Waals surface area contributed by atoms with Gasteiger partial charge >= 0.3 is 5.97 Å². The second-order valence-corrected chi connectivity index (χ2v) is 6.46. The van der Waals surface area contributed by atoms with Crippen LogP contribution in [0.2, 0.25) is 0 Å². The number of hydrogen-bond acceptors (Lipinski definition) is 4. The predicted octanol–water partition coefficient (Wildman–Crippen LogP) is 2.32. The molecule has 24 heavy (non-hydrogen) atoms. The van der Waals surface area contributed by atoms with Crippen LogP contribution in [0.4, 0.5) is 0 Å². The summed E-state index contributed by atoms with van der Waals surface area (Å²) in [7, 11) is 1.54. The molecule has 130 valence electrons. The van der Waals surface area contributed by atoms with Crippen molar-refractivity contribution in [1.82, 2.24) is 4.90 Å².